The normalized spacial score (nSPS) is 26.6. The fraction of sp³-hybridized carbons (Fsp3) is 0.588. The molecule has 1 aromatic rings. The van der Waals surface area contributed by atoms with Gasteiger partial charge in [-0.3, -0.25) is 0 Å². The van der Waals surface area contributed by atoms with Crippen molar-refractivity contribution in [3.05, 3.63) is 30.3 Å². The monoisotopic (exact) mass is 275 g/mol. The smallest absolute Gasteiger partial charge is 0.331 e. The first kappa shape index (κ1) is 14.9. The van der Waals surface area contributed by atoms with Gasteiger partial charge in [0.15, 0.2) is 0 Å². The highest BCUT2D eigenvalue weighted by Crippen LogP contribution is 2.34. The van der Waals surface area contributed by atoms with Gasteiger partial charge in [-0.2, -0.15) is 0 Å². The van der Waals surface area contributed by atoms with Crippen LogP contribution in [0.1, 0.15) is 46.0 Å². The van der Waals surface area contributed by atoms with Crippen LogP contribution in [-0.4, -0.2) is 18.1 Å². The second kappa shape index (κ2) is 6.78. The zero-order valence-electron chi connectivity index (χ0n) is 12.5. The third-order valence-electron chi connectivity index (χ3n) is 4.19. The summed E-state index contributed by atoms with van der Waals surface area (Å²) in [6, 6.07) is 9.98. The first-order valence-electron chi connectivity index (χ1n) is 7.67. The molecule has 0 amide bonds. The van der Waals surface area contributed by atoms with Crippen LogP contribution in [0.25, 0.3) is 0 Å². The summed E-state index contributed by atoms with van der Waals surface area (Å²) in [4.78, 5) is 12.5. The SMILES string of the molecule is CCOC(=O)C1(Nc2ccccc2)CCCC(C)CC1. The molecule has 1 saturated carbocycles. The molecule has 1 aliphatic carbocycles. The molecule has 110 valence electrons. The zero-order valence-corrected chi connectivity index (χ0v) is 12.5. The van der Waals surface area contributed by atoms with E-state index in [1.807, 2.05) is 37.3 Å². The zero-order chi connectivity index (χ0) is 14.4. The highest BCUT2D eigenvalue weighted by atomic mass is 16.5. The second-order valence-electron chi connectivity index (χ2n) is 5.83. The molecule has 1 aliphatic rings. The Kier molecular flexibility index (Phi) is 5.05. The molecule has 0 aromatic heterocycles. The number of benzene rings is 1. The van der Waals surface area contributed by atoms with Crippen molar-refractivity contribution < 1.29 is 9.53 Å². The Morgan fingerprint density at radius 3 is 2.75 bits per heavy atom. The predicted octanol–water partition coefficient (Wildman–Crippen LogP) is 4.00. The third-order valence-corrected chi connectivity index (χ3v) is 4.19. The third kappa shape index (κ3) is 3.53. The summed E-state index contributed by atoms with van der Waals surface area (Å²) >= 11 is 0. The summed E-state index contributed by atoms with van der Waals surface area (Å²) in [6.07, 6.45) is 5.03. The molecule has 1 fully saturated rings. The molecular weight excluding hydrogens is 250 g/mol. The lowest BCUT2D eigenvalue weighted by Crippen LogP contribution is -2.47. The molecule has 0 heterocycles. The van der Waals surface area contributed by atoms with Crippen molar-refractivity contribution in [2.45, 2.75) is 51.5 Å². The average molecular weight is 275 g/mol. The molecule has 0 aliphatic heterocycles. The van der Waals surface area contributed by atoms with Crippen molar-refractivity contribution in [3.8, 4) is 0 Å². The van der Waals surface area contributed by atoms with Gasteiger partial charge in [0.2, 0.25) is 0 Å². The fourth-order valence-electron chi connectivity index (χ4n) is 2.96. The Bertz CT molecular complexity index is 432. The van der Waals surface area contributed by atoms with Crippen molar-refractivity contribution in [2.24, 2.45) is 5.92 Å². The minimum atomic E-state index is -0.553. The molecule has 1 aromatic carbocycles. The van der Waals surface area contributed by atoms with Gasteiger partial charge in [0.05, 0.1) is 6.61 Å². The van der Waals surface area contributed by atoms with Crippen LogP contribution in [0.4, 0.5) is 5.69 Å². The van der Waals surface area contributed by atoms with Crippen LogP contribution in [-0.2, 0) is 9.53 Å². The van der Waals surface area contributed by atoms with Gasteiger partial charge in [-0.1, -0.05) is 38.0 Å². The van der Waals surface area contributed by atoms with E-state index in [1.165, 1.54) is 6.42 Å². The summed E-state index contributed by atoms with van der Waals surface area (Å²) in [5, 5.41) is 3.46. The van der Waals surface area contributed by atoms with Crippen LogP contribution in [0.15, 0.2) is 30.3 Å². The van der Waals surface area contributed by atoms with Gasteiger partial charge in [-0.25, -0.2) is 4.79 Å². The van der Waals surface area contributed by atoms with E-state index in [4.69, 9.17) is 4.74 Å². The number of carbonyl (C=O) groups is 1. The Morgan fingerprint density at radius 1 is 1.30 bits per heavy atom. The van der Waals surface area contributed by atoms with Crippen LogP contribution in [0.5, 0.6) is 0 Å². The van der Waals surface area contributed by atoms with Crippen molar-refractivity contribution in [3.63, 3.8) is 0 Å². The van der Waals surface area contributed by atoms with Gasteiger partial charge < -0.3 is 10.1 Å². The summed E-state index contributed by atoms with van der Waals surface area (Å²) in [5.74, 6) is 0.585. The van der Waals surface area contributed by atoms with E-state index in [0.29, 0.717) is 12.5 Å². The van der Waals surface area contributed by atoms with Gasteiger partial charge in [0, 0.05) is 5.69 Å². The van der Waals surface area contributed by atoms with Crippen molar-refractivity contribution in [1.82, 2.24) is 0 Å². The highest BCUT2D eigenvalue weighted by molar-refractivity contribution is 5.84. The van der Waals surface area contributed by atoms with E-state index < -0.39 is 5.54 Å². The van der Waals surface area contributed by atoms with E-state index in [1.54, 1.807) is 0 Å². The quantitative estimate of drug-likeness (QED) is 0.666. The molecular formula is C17H25NO2. The maximum absolute atomic E-state index is 12.5. The number of hydrogen-bond acceptors (Lipinski definition) is 3. The van der Waals surface area contributed by atoms with Crippen LogP contribution in [0.3, 0.4) is 0 Å². The maximum atomic E-state index is 12.5. The van der Waals surface area contributed by atoms with E-state index in [2.05, 4.69) is 12.2 Å². The summed E-state index contributed by atoms with van der Waals surface area (Å²) in [6.45, 7) is 4.57. The maximum Gasteiger partial charge on any atom is 0.331 e. The topological polar surface area (TPSA) is 38.3 Å². The summed E-state index contributed by atoms with van der Waals surface area (Å²) in [5.41, 5.74) is 0.442. The number of para-hydroxylation sites is 1. The number of anilines is 1. The first-order chi connectivity index (χ1) is 9.66. The van der Waals surface area contributed by atoms with Crippen molar-refractivity contribution in [1.29, 1.82) is 0 Å². The van der Waals surface area contributed by atoms with Gasteiger partial charge in [0.25, 0.3) is 0 Å². The minimum Gasteiger partial charge on any atom is -0.464 e. The highest BCUT2D eigenvalue weighted by Gasteiger charge is 2.40. The van der Waals surface area contributed by atoms with Gasteiger partial charge in [-0.05, 0) is 44.2 Å². The number of nitrogens with one attached hydrogen (secondary N) is 1. The largest absolute Gasteiger partial charge is 0.464 e. The second-order valence-corrected chi connectivity index (χ2v) is 5.83. The van der Waals surface area contributed by atoms with Gasteiger partial charge in [-0.15, -0.1) is 0 Å². The van der Waals surface area contributed by atoms with Crippen LogP contribution < -0.4 is 5.32 Å². The lowest BCUT2D eigenvalue weighted by Gasteiger charge is -2.32. The Balaban J connectivity index is 2.21. The van der Waals surface area contributed by atoms with Crippen molar-refractivity contribution in [2.75, 3.05) is 11.9 Å². The number of carbonyl (C=O) groups excluding carboxylic acids is 1. The Hall–Kier alpha value is -1.51. The predicted molar refractivity (Wildman–Crippen MR) is 81.7 cm³/mol. The Morgan fingerprint density at radius 2 is 2.05 bits per heavy atom. The van der Waals surface area contributed by atoms with E-state index in [-0.39, 0.29) is 5.97 Å². The average Bonchev–Trinajstić information content (AvgIpc) is 2.64. The molecule has 2 atom stereocenters. The molecule has 3 nitrogen and oxygen atoms in total. The van der Waals surface area contributed by atoms with E-state index in [9.17, 15) is 4.79 Å². The molecule has 2 rings (SSSR count). The number of rotatable bonds is 4. The van der Waals surface area contributed by atoms with Crippen LogP contribution >= 0.6 is 0 Å². The minimum absolute atomic E-state index is 0.0991. The van der Waals surface area contributed by atoms with E-state index in [0.717, 1.165) is 31.4 Å². The summed E-state index contributed by atoms with van der Waals surface area (Å²) < 4.78 is 5.35. The molecule has 0 saturated heterocycles. The van der Waals surface area contributed by atoms with Crippen LogP contribution in [0.2, 0.25) is 0 Å². The van der Waals surface area contributed by atoms with Gasteiger partial charge in [0.1, 0.15) is 5.54 Å². The first-order valence-corrected chi connectivity index (χ1v) is 7.67. The van der Waals surface area contributed by atoms with Crippen LogP contribution in [0, 0.1) is 5.92 Å². The molecule has 20 heavy (non-hydrogen) atoms. The number of esters is 1. The number of ether oxygens (including phenoxy) is 1. The molecule has 0 spiro atoms. The molecule has 0 bridgehead atoms. The molecule has 2 unspecified atom stereocenters. The van der Waals surface area contributed by atoms with Crippen molar-refractivity contribution >= 4 is 11.7 Å². The van der Waals surface area contributed by atoms with E-state index >= 15 is 0 Å². The Labute approximate surface area is 121 Å². The standard InChI is InChI=1S/C17H25NO2/c1-3-20-16(19)17(12-7-8-14(2)11-13-17)18-15-9-5-4-6-10-15/h4-6,9-10,14,18H,3,7-8,11-13H2,1-2H3. The fourth-order valence-corrected chi connectivity index (χ4v) is 2.96. The molecule has 1 N–H and O–H groups in total. The lowest BCUT2D eigenvalue weighted by molar-refractivity contribution is -0.149. The van der Waals surface area contributed by atoms with Gasteiger partial charge >= 0.3 is 5.97 Å². The molecule has 3 heteroatoms. The summed E-state index contributed by atoms with van der Waals surface area (Å²) in [7, 11) is 0. The lowest BCUT2D eigenvalue weighted by atomic mass is 9.89. The molecule has 0 radical (unpaired) electrons. The number of hydrogen-bond donors (Lipinski definition) is 1.